The predicted molar refractivity (Wildman–Crippen MR) is 124 cm³/mol. The minimum Gasteiger partial charge on any atom is -0.383 e. The SMILES string of the molecule is Nc1ncnc2nc(-c3ccc(N4CCCCC4)nc3)cc(-c3cccc(Br)c3)c12. The number of rotatable bonds is 3. The number of benzene rings is 1. The van der Waals surface area contributed by atoms with E-state index in [1.54, 1.807) is 0 Å². The van der Waals surface area contributed by atoms with Gasteiger partial charge in [-0.1, -0.05) is 28.1 Å². The second kappa shape index (κ2) is 7.99. The summed E-state index contributed by atoms with van der Waals surface area (Å²) in [6.45, 7) is 2.15. The summed E-state index contributed by atoms with van der Waals surface area (Å²) in [5, 5.41) is 0.761. The Hall–Kier alpha value is -3.06. The summed E-state index contributed by atoms with van der Waals surface area (Å²) in [4.78, 5) is 20.4. The van der Waals surface area contributed by atoms with Crippen molar-refractivity contribution in [3.05, 3.63) is 59.5 Å². The maximum absolute atomic E-state index is 6.20. The van der Waals surface area contributed by atoms with Crippen LogP contribution < -0.4 is 10.6 Å². The van der Waals surface area contributed by atoms with Crippen LogP contribution in [0.15, 0.2) is 59.5 Å². The van der Waals surface area contributed by atoms with E-state index in [0.717, 1.165) is 51.2 Å². The van der Waals surface area contributed by atoms with E-state index in [4.69, 9.17) is 15.7 Å². The molecule has 150 valence electrons. The molecule has 1 aliphatic rings. The van der Waals surface area contributed by atoms with E-state index in [2.05, 4.69) is 49.0 Å². The lowest BCUT2D eigenvalue weighted by atomic mass is 10.0. The molecule has 2 N–H and O–H groups in total. The molecule has 7 heteroatoms. The van der Waals surface area contributed by atoms with Gasteiger partial charge in [-0.3, -0.25) is 0 Å². The number of pyridine rings is 2. The first-order valence-corrected chi connectivity index (χ1v) is 10.9. The lowest BCUT2D eigenvalue weighted by Gasteiger charge is -2.27. The van der Waals surface area contributed by atoms with Gasteiger partial charge in [-0.25, -0.2) is 19.9 Å². The van der Waals surface area contributed by atoms with Crippen molar-refractivity contribution in [2.24, 2.45) is 0 Å². The van der Waals surface area contributed by atoms with Gasteiger partial charge in [0.25, 0.3) is 0 Å². The van der Waals surface area contributed by atoms with Crippen LogP contribution in [0.3, 0.4) is 0 Å². The maximum Gasteiger partial charge on any atom is 0.165 e. The number of nitrogens with two attached hydrogens (primary N) is 1. The van der Waals surface area contributed by atoms with Crippen molar-refractivity contribution in [2.45, 2.75) is 19.3 Å². The Morgan fingerprint density at radius 3 is 2.53 bits per heavy atom. The zero-order chi connectivity index (χ0) is 20.5. The van der Waals surface area contributed by atoms with Gasteiger partial charge in [0.1, 0.15) is 18.0 Å². The number of anilines is 2. The van der Waals surface area contributed by atoms with Crippen LogP contribution in [0.5, 0.6) is 0 Å². The molecular formula is C23H21BrN6. The second-order valence-electron chi connectivity index (χ2n) is 7.48. The highest BCUT2D eigenvalue weighted by molar-refractivity contribution is 9.10. The molecule has 4 heterocycles. The fraction of sp³-hybridized carbons (Fsp3) is 0.217. The zero-order valence-electron chi connectivity index (χ0n) is 16.4. The molecular weight excluding hydrogens is 440 g/mol. The molecule has 6 nitrogen and oxygen atoms in total. The molecule has 1 aromatic carbocycles. The fourth-order valence-electron chi connectivity index (χ4n) is 3.97. The Labute approximate surface area is 183 Å². The van der Waals surface area contributed by atoms with Gasteiger partial charge in [-0.05, 0) is 60.7 Å². The number of nitrogen functional groups attached to an aromatic ring is 1. The van der Waals surface area contributed by atoms with Crippen LogP contribution in [0.25, 0.3) is 33.4 Å². The van der Waals surface area contributed by atoms with E-state index >= 15 is 0 Å². The highest BCUT2D eigenvalue weighted by atomic mass is 79.9. The quantitative estimate of drug-likeness (QED) is 0.458. The minimum absolute atomic E-state index is 0.424. The smallest absolute Gasteiger partial charge is 0.165 e. The first kappa shape index (κ1) is 18.9. The maximum atomic E-state index is 6.20. The summed E-state index contributed by atoms with van der Waals surface area (Å²) in [6.07, 6.45) is 7.11. The van der Waals surface area contributed by atoms with Gasteiger partial charge >= 0.3 is 0 Å². The minimum atomic E-state index is 0.424. The number of nitrogens with zero attached hydrogens (tertiary/aromatic N) is 5. The van der Waals surface area contributed by atoms with Gasteiger partial charge in [0.05, 0.1) is 11.1 Å². The van der Waals surface area contributed by atoms with Gasteiger partial charge in [0.2, 0.25) is 0 Å². The van der Waals surface area contributed by atoms with Crippen molar-refractivity contribution in [1.82, 2.24) is 19.9 Å². The molecule has 0 atom stereocenters. The van der Waals surface area contributed by atoms with Crippen molar-refractivity contribution >= 4 is 38.6 Å². The van der Waals surface area contributed by atoms with E-state index in [-0.39, 0.29) is 0 Å². The summed E-state index contributed by atoms with van der Waals surface area (Å²) in [6, 6.07) is 14.3. The van der Waals surface area contributed by atoms with Crippen molar-refractivity contribution in [1.29, 1.82) is 0 Å². The molecule has 0 saturated carbocycles. The van der Waals surface area contributed by atoms with Crippen LogP contribution in [-0.4, -0.2) is 33.0 Å². The predicted octanol–water partition coefficient (Wildman–Crippen LogP) is 5.09. The van der Waals surface area contributed by atoms with E-state index in [9.17, 15) is 0 Å². The molecule has 0 aliphatic carbocycles. The molecule has 1 aliphatic heterocycles. The summed E-state index contributed by atoms with van der Waals surface area (Å²) in [5.41, 5.74) is 10.5. The lowest BCUT2D eigenvalue weighted by Crippen LogP contribution is -2.29. The second-order valence-corrected chi connectivity index (χ2v) is 8.39. The molecule has 0 unspecified atom stereocenters. The van der Waals surface area contributed by atoms with Crippen molar-refractivity contribution < 1.29 is 0 Å². The van der Waals surface area contributed by atoms with Crippen LogP contribution in [0.2, 0.25) is 0 Å². The fourth-order valence-corrected chi connectivity index (χ4v) is 4.37. The molecule has 1 fully saturated rings. The van der Waals surface area contributed by atoms with E-state index in [1.165, 1.54) is 25.6 Å². The molecule has 30 heavy (non-hydrogen) atoms. The molecule has 3 aromatic heterocycles. The van der Waals surface area contributed by atoms with Crippen LogP contribution >= 0.6 is 15.9 Å². The van der Waals surface area contributed by atoms with Crippen LogP contribution in [-0.2, 0) is 0 Å². The molecule has 0 amide bonds. The van der Waals surface area contributed by atoms with Gasteiger partial charge in [0.15, 0.2) is 5.65 Å². The Morgan fingerprint density at radius 1 is 0.900 bits per heavy atom. The number of piperidine rings is 1. The van der Waals surface area contributed by atoms with E-state index in [0.29, 0.717) is 11.5 Å². The van der Waals surface area contributed by atoms with Gasteiger partial charge in [-0.2, -0.15) is 0 Å². The summed E-state index contributed by atoms with van der Waals surface area (Å²) in [7, 11) is 0. The molecule has 0 radical (unpaired) electrons. The normalized spacial score (nSPS) is 14.2. The third-order valence-electron chi connectivity index (χ3n) is 5.49. The first-order chi connectivity index (χ1) is 14.7. The average molecular weight is 461 g/mol. The molecule has 4 aromatic rings. The molecule has 1 saturated heterocycles. The first-order valence-electron chi connectivity index (χ1n) is 10.1. The Kier molecular flexibility index (Phi) is 5.04. The van der Waals surface area contributed by atoms with Crippen LogP contribution in [0.4, 0.5) is 11.6 Å². The lowest BCUT2D eigenvalue weighted by molar-refractivity contribution is 0.573. The van der Waals surface area contributed by atoms with E-state index < -0.39 is 0 Å². The average Bonchev–Trinajstić information content (AvgIpc) is 2.79. The molecule has 0 spiro atoms. The standard InChI is InChI=1S/C23H21BrN6/c24-17-6-4-5-15(11-17)18-12-19(29-23-21(18)22(25)27-14-28-23)16-7-8-20(26-13-16)30-9-2-1-3-10-30/h4-8,11-14H,1-3,9-10H2,(H2,25,27,28,29). The van der Waals surface area contributed by atoms with Gasteiger partial charge < -0.3 is 10.6 Å². The number of hydrogen-bond acceptors (Lipinski definition) is 6. The van der Waals surface area contributed by atoms with Gasteiger partial charge in [0, 0.05) is 29.3 Å². The Morgan fingerprint density at radius 2 is 1.77 bits per heavy atom. The van der Waals surface area contributed by atoms with Crippen molar-refractivity contribution in [3.8, 4) is 22.4 Å². The highest BCUT2D eigenvalue weighted by Crippen LogP contribution is 2.34. The van der Waals surface area contributed by atoms with Crippen LogP contribution in [0.1, 0.15) is 19.3 Å². The van der Waals surface area contributed by atoms with Gasteiger partial charge in [-0.15, -0.1) is 0 Å². The van der Waals surface area contributed by atoms with Crippen molar-refractivity contribution in [3.63, 3.8) is 0 Å². The largest absolute Gasteiger partial charge is 0.383 e. The summed E-state index contributed by atoms with van der Waals surface area (Å²) in [5.74, 6) is 1.45. The molecule has 5 rings (SSSR count). The summed E-state index contributed by atoms with van der Waals surface area (Å²) >= 11 is 3.56. The number of hydrogen-bond donors (Lipinski definition) is 1. The van der Waals surface area contributed by atoms with Crippen molar-refractivity contribution in [2.75, 3.05) is 23.7 Å². The van der Waals surface area contributed by atoms with E-state index in [1.807, 2.05) is 30.5 Å². The topological polar surface area (TPSA) is 80.8 Å². The third-order valence-corrected chi connectivity index (χ3v) is 5.99. The number of halogens is 1. The Bertz CT molecular complexity index is 1200. The number of aromatic nitrogens is 4. The highest BCUT2D eigenvalue weighted by Gasteiger charge is 2.15. The molecule has 0 bridgehead atoms. The third kappa shape index (κ3) is 3.61. The Balaban J connectivity index is 1.61. The monoisotopic (exact) mass is 460 g/mol. The number of fused-ring (bicyclic) bond motifs is 1. The zero-order valence-corrected chi connectivity index (χ0v) is 18.0. The summed E-state index contributed by atoms with van der Waals surface area (Å²) < 4.78 is 0.995. The van der Waals surface area contributed by atoms with Crippen LogP contribution in [0, 0.1) is 0 Å².